The third kappa shape index (κ3) is 4.01. The van der Waals surface area contributed by atoms with Gasteiger partial charge < -0.3 is 55.4 Å². The van der Waals surface area contributed by atoms with Crippen molar-refractivity contribution in [2.75, 3.05) is 6.61 Å². The van der Waals surface area contributed by atoms with Gasteiger partial charge >= 0.3 is 11.3 Å². The van der Waals surface area contributed by atoms with Gasteiger partial charge in [0.05, 0.1) is 18.2 Å². The van der Waals surface area contributed by atoms with Gasteiger partial charge in [0.1, 0.15) is 41.3 Å². The molecule has 4 rings (SSSR count). The molecule has 2 aromatic carbocycles. The predicted octanol–water partition coefficient (Wildman–Crippen LogP) is 0.0876. The van der Waals surface area contributed by atoms with E-state index in [0.29, 0.717) is 0 Å². The third-order valence-corrected chi connectivity index (χ3v) is 5.24. The summed E-state index contributed by atoms with van der Waals surface area (Å²) >= 11 is 0. The van der Waals surface area contributed by atoms with Crippen molar-refractivity contribution in [1.82, 2.24) is 0 Å². The van der Waals surface area contributed by atoms with E-state index in [9.17, 15) is 46.0 Å². The zero-order valence-electron chi connectivity index (χ0n) is 16.7. The summed E-state index contributed by atoms with van der Waals surface area (Å²) in [5, 5.41) is 89.2. The Kier molecular flexibility index (Phi) is 5.78. The highest BCUT2D eigenvalue weighted by Gasteiger charge is 2.45. The van der Waals surface area contributed by atoms with Crippen molar-refractivity contribution in [1.29, 1.82) is 0 Å². The fourth-order valence-electron chi connectivity index (χ4n) is 3.50. The first-order chi connectivity index (χ1) is 15.6. The van der Waals surface area contributed by atoms with Gasteiger partial charge in [0.15, 0.2) is 17.2 Å². The molecule has 1 aliphatic heterocycles. The lowest BCUT2D eigenvalue weighted by Gasteiger charge is -2.39. The first-order valence-electron chi connectivity index (χ1n) is 9.66. The van der Waals surface area contributed by atoms with Crippen molar-refractivity contribution in [3.63, 3.8) is 0 Å². The summed E-state index contributed by atoms with van der Waals surface area (Å²) in [4.78, 5) is 0. The monoisotopic (exact) mass is 465 g/mol. The highest BCUT2D eigenvalue weighted by atomic mass is 16.7. The lowest BCUT2D eigenvalue weighted by Crippen LogP contribution is -2.60. The van der Waals surface area contributed by atoms with Crippen LogP contribution in [0.25, 0.3) is 22.3 Å². The molecule has 12 heteroatoms. The Hall–Kier alpha value is -3.55. The minimum atomic E-state index is -1.76. The molecule has 0 bridgehead atoms. The zero-order valence-corrected chi connectivity index (χ0v) is 16.7. The van der Waals surface area contributed by atoms with Crippen molar-refractivity contribution >= 4 is 11.0 Å². The van der Waals surface area contributed by atoms with E-state index in [2.05, 4.69) is 0 Å². The lowest BCUT2D eigenvalue weighted by atomic mass is 9.99. The average molecular weight is 465 g/mol. The maximum Gasteiger partial charge on any atom is 0.402 e. The van der Waals surface area contributed by atoms with Crippen LogP contribution in [0.4, 0.5) is 0 Å². The number of phenols is 5. The zero-order chi connectivity index (χ0) is 24.0. The second kappa shape index (κ2) is 8.42. The highest BCUT2D eigenvalue weighted by Crippen LogP contribution is 2.44. The van der Waals surface area contributed by atoms with Crippen LogP contribution in [0.3, 0.4) is 0 Å². The molecule has 176 valence electrons. The van der Waals surface area contributed by atoms with E-state index in [1.165, 1.54) is 12.1 Å². The van der Waals surface area contributed by atoms with Crippen molar-refractivity contribution in [2.24, 2.45) is 0 Å². The molecule has 1 saturated heterocycles. The van der Waals surface area contributed by atoms with Crippen molar-refractivity contribution in [2.45, 2.75) is 30.7 Å². The van der Waals surface area contributed by atoms with Crippen LogP contribution in [-0.4, -0.2) is 83.3 Å². The summed E-state index contributed by atoms with van der Waals surface area (Å²) < 4.78 is 16.7. The quantitative estimate of drug-likeness (QED) is 0.185. The SMILES string of the molecule is OC[C@H]1OC(Oc2cc3c(O)cc(O)cc3[o+]c2-c2cc(O)c(O)c(O)c2)[C@H](O)[C@@H](O)[C@@H]1O. The summed E-state index contributed by atoms with van der Waals surface area (Å²) in [6.45, 7) is -0.695. The normalized spacial score (nSPS) is 25.3. The van der Waals surface area contributed by atoms with Gasteiger partial charge in [0, 0.05) is 24.3 Å². The van der Waals surface area contributed by atoms with Gasteiger partial charge in [-0.05, 0) is 0 Å². The fraction of sp³-hybridized carbons (Fsp3) is 0.286. The Morgan fingerprint density at radius 3 is 2.12 bits per heavy atom. The molecule has 0 spiro atoms. The molecule has 1 aromatic heterocycles. The number of ether oxygens (including phenoxy) is 2. The Morgan fingerprint density at radius 2 is 1.48 bits per heavy atom. The van der Waals surface area contributed by atoms with Gasteiger partial charge in [-0.15, -0.1) is 0 Å². The van der Waals surface area contributed by atoms with Crippen LogP contribution < -0.4 is 4.74 Å². The average Bonchev–Trinajstić information content (AvgIpc) is 2.77. The van der Waals surface area contributed by atoms with Crippen LogP contribution in [0.5, 0.6) is 34.5 Å². The van der Waals surface area contributed by atoms with Gasteiger partial charge in [-0.2, -0.15) is 0 Å². The second-order valence-electron chi connectivity index (χ2n) is 7.49. The lowest BCUT2D eigenvalue weighted by molar-refractivity contribution is -0.277. The number of aromatic hydroxyl groups is 5. The van der Waals surface area contributed by atoms with Gasteiger partial charge in [0.25, 0.3) is 0 Å². The first-order valence-corrected chi connectivity index (χ1v) is 9.66. The largest absolute Gasteiger partial charge is 0.507 e. The molecule has 33 heavy (non-hydrogen) atoms. The Labute approximate surface area is 185 Å². The molecule has 9 N–H and O–H groups in total. The van der Waals surface area contributed by atoms with E-state index in [1.807, 2.05) is 0 Å². The molecule has 1 unspecified atom stereocenters. The van der Waals surface area contributed by atoms with E-state index in [1.54, 1.807) is 0 Å². The Morgan fingerprint density at radius 1 is 0.818 bits per heavy atom. The van der Waals surface area contributed by atoms with Crippen molar-refractivity contribution in [3.8, 4) is 45.8 Å². The summed E-state index contributed by atoms with van der Waals surface area (Å²) in [5.74, 6) is -3.32. The van der Waals surface area contributed by atoms with Crippen LogP contribution >= 0.6 is 0 Å². The second-order valence-corrected chi connectivity index (χ2v) is 7.49. The van der Waals surface area contributed by atoms with E-state index >= 15 is 0 Å². The molecule has 1 fully saturated rings. The number of aliphatic hydroxyl groups is 4. The van der Waals surface area contributed by atoms with Crippen LogP contribution in [-0.2, 0) is 4.74 Å². The number of hydrogen-bond donors (Lipinski definition) is 9. The van der Waals surface area contributed by atoms with E-state index < -0.39 is 60.3 Å². The molecule has 0 saturated carbocycles. The maximum absolute atomic E-state index is 10.3. The molecule has 12 nitrogen and oxygen atoms in total. The van der Waals surface area contributed by atoms with Crippen molar-refractivity contribution < 1.29 is 59.8 Å². The summed E-state index contributed by atoms with van der Waals surface area (Å²) in [6.07, 6.45) is -7.99. The highest BCUT2D eigenvalue weighted by molar-refractivity contribution is 5.88. The van der Waals surface area contributed by atoms with Gasteiger partial charge in [0.2, 0.25) is 12.0 Å². The molecule has 1 aliphatic rings. The molecule has 0 amide bonds. The third-order valence-electron chi connectivity index (χ3n) is 5.24. The minimum Gasteiger partial charge on any atom is -0.507 e. The van der Waals surface area contributed by atoms with Gasteiger partial charge in [-0.3, -0.25) is 0 Å². The molecule has 2 heterocycles. The maximum atomic E-state index is 10.3. The van der Waals surface area contributed by atoms with Crippen LogP contribution in [0.2, 0.25) is 0 Å². The predicted molar refractivity (Wildman–Crippen MR) is 109 cm³/mol. The number of benzene rings is 2. The Balaban J connectivity index is 1.86. The standard InChI is InChI=1S/C21H20O12/c22-6-15-17(28)18(29)19(30)21(33-15)32-14-5-9-10(24)3-8(23)4-13(9)31-20(14)7-1-11(25)16(27)12(26)2-7/h1-5,15,17-19,21-22,28-30H,6H2,(H4-,23,24,25,26,27)/p+1/t15-,17-,18+,19-,21?/m1/s1. The van der Waals surface area contributed by atoms with Gasteiger partial charge in [-0.25, -0.2) is 4.42 Å². The number of rotatable bonds is 4. The molecular formula is C21H21O12+. The van der Waals surface area contributed by atoms with Crippen LogP contribution in [0, 0.1) is 0 Å². The number of fused-ring (bicyclic) bond motifs is 1. The molecule has 0 radical (unpaired) electrons. The molecule has 5 atom stereocenters. The van der Waals surface area contributed by atoms with E-state index in [-0.39, 0.29) is 33.8 Å². The van der Waals surface area contributed by atoms with E-state index in [4.69, 9.17) is 13.9 Å². The van der Waals surface area contributed by atoms with Gasteiger partial charge in [-0.1, -0.05) is 0 Å². The summed E-state index contributed by atoms with van der Waals surface area (Å²) in [5.41, 5.74) is -0.0529. The van der Waals surface area contributed by atoms with E-state index in [0.717, 1.165) is 18.2 Å². The smallest absolute Gasteiger partial charge is 0.402 e. The molecule has 0 aliphatic carbocycles. The molecular weight excluding hydrogens is 444 g/mol. The summed E-state index contributed by atoms with van der Waals surface area (Å²) in [7, 11) is 0. The number of phenolic OH excluding ortho intramolecular Hbond substituents is 5. The topological polar surface area (TPSA) is 212 Å². The van der Waals surface area contributed by atoms with Crippen molar-refractivity contribution in [3.05, 3.63) is 30.3 Å². The Bertz CT molecular complexity index is 1170. The minimum absolute atomic E-state index is 0.0212. The first kappa shape index (κ1) is 22.6. The van der Waals surface area contributed by atoms with Crippen LogP contribution in [0.15, 0.2) is 34.7 Å². The summed E-state index contributed by atoms with van der Waals surface area (Å²) in [6, 6.07) is 5.51. The number of hydrogen-bond acceptors (Lipinski definition) is 11. The molecule has 3 aromatic rings. The van der Waals surface area contributed by atoms with Crippen LogP contribution in [0.1, 0.15) is 0 Å². The number of aliphatic hydroxyl groups excluding tert-OH is 4. The fourth-order valence-corrected chi connectivity index (χ4v) is 3.50.